The monoisotopic (exact) mass is 456 g/mol. The normalized spacial score (nSPS) is 22.1. The minimum Gasteiger partial charge on any atom is -0.370 e. The Balaban J connectivity index is 1.51. The van der Waals surface area contributed by atoms with Gasteiger partial charge in [0.25, 0.3) is 11.8 Å². The number of amidine groups is 1. The van der Waals surface area contributed by atoms with E-state index in [0.29, 0.717) is 25.4 Å². The molecule has 2 amide bonds. The number of nitrogens with zero attached hydrogens (tertiary/aromatic N) is 3. The third-order valence-corrected chi connectivity index (χ3v) is 5.46. The average Bonchev–Trinajstić information content (AvgIpc) is 2.76. The minimum atomic E-state index is -0.640. The molecule has 0 saturated carbocycles. The molecule has 4 rings (SSSR count). The third-order valence-electron chi connectivity index (χ3n) is 4.93. The number of rotatable bonds is 3. The van der Waals surface area contributed by atoms with Crippen molar-refractivity contribution >= 4 is 39.3 Å². The number of carbonyl (C=O) groups excluding carboxylic acids is 2. The van der Waals surface area contributed by atoms with Crippen molar-refractivity contribution in [3.05, 3.63) is 64.6 Å². The molecule has 150 valence electrons. The largest absolute Gasteiger partial charge is 0.370 e. The molecule has 2 aliphatic rings. The van der Waals surface area contributed by atoms with Crippen LogP contribution in [-0.4, -0.2) is 48.3 Å². The fourth-order valence-corrected chi connectivity index (χ4v) is 3.62. The quantitative estimate of drug-likeness (QED) is 0.770. The van der Waals surface area contributed by atoms with Gasteiger partial charge in [0.15, 0.2) is 0 Å². The molecular weight excluding hydrogens is 436 g/mol. The molecule has 0 bridgehead atoms. The summed E-state index contributed by atoms with van der Waals surface area (Å²) in [5.41, 5.74) is 4.58. The van der Waals surface area contributed by atoms with Crippen LogP contribution in [0.2, 0.25) is 0 Å². The van der Waals surface area contributed by atoms with Gasteiger partial charge in [-0.3, -0.25) is 15.0 Å². The number of halogens is 1. The van der Waals surface area contributed by atoms with Gasteiger partial charge in [0.2, 0.25) is 5.84 Å². The van der Waals surface area contributed by atoms with Crippen molar-refractivity contribution in [2.45, 2.75) is 19.1 Å². The minimum absolute atomic E-state index is 0.164. The van der Waals surface area contributed by atoms with E-state index < -0.39 is 6.04 Å². The van der Waals surface area contributed by atoms with Gasteiger partial charge in [-0.1, -0.05) is 46.3 Å². The number of hydrazine groups is 1. The number of amides is 2. The van der Waals surface area contributed by atoms with E-state index in [-0.39, 0.29) is 23.8 Å². The lowest BCUT2D eigenvalue weighted by Gasteiger charge is -2.36. The molecule has 0 radical (unpaired) electrons. The fourth-order valence-electron chi connectivity index (χ4n) is 3.36. The first kappa shape index (κ1) is 19.6. The van der Waals surface area contributed by atoms with Gasteiger partial charge in [0.05, 0.1) is 18.8 Å². The van der Waals surface area contributed by atoms with Crippen LogP contribution in [0.25, 0.3) is 0 Å². The molecule has 1 fully saturated rings. The van der Waals surface area contributed by atoms with Gasteiger partial charge >= 0.3 is 0 Å². The molecule has 0 aliphatic carbocycles. The van der Waals surface area contributed by atoms with Gasteiger partial charge in [-0.05, 0) is 36.8 Å². The number of anilines is 1. The number of hydrogen-bond acceptors (Lipinski definition) is 5. The van der Waals surface area contributed by atoms with E-state index in [1.54, 1.807) is 11.8 Å². The van der Waals surface area contributed by atoms with E-state index in [2.05, 4.69) is 26.3 Å². The van der Waals surface area contributed by atoms with E-state index in [0.717, 1.165) is 10.0 Å². The topological polar surface area (TPSA) is 74.2 Å². The summed E-state index contributed by atoms with van der Waals surface area (Å²) in [5, 5.41) is 1.39. The summed E-state index contributed by atoms with van der Waals surface area (Å²) in [6.07, 6.45) is -0.200. The van der Waals surface area contributed by atoms with Crippen molar-refractivity contribution in [1.29, 1.82) is 0 Å². The molecule has 1 N–H and O–H groups in total. The van der Waals surface area contributed by atoms with Crippen molar-refractivity contribution in [1.82, 2.24) is 10.3 Å². The summed E-state index contributed by atoms with van der Waals surface area (Å²) in [5.74, 6) is -0.282. The SMILES string of the molecule is CC1N=C(C(=O)N2CCOC(c3ccc(Br)cc3)C2)NN(c2ccccc2)C1=O. The van der Waals surface area contributed by atoms with E-state index in [1.165, 1.54) is 5.01 Å². The lowest BCUT2D eigenvalue weighted by atomic mass is 10.1. The maximum atomic E-state index is 13.1. The second kappa shape index (κ2) is 8.34. The Morgan fingerprint density at radius 2 is 1.90 bits per heavy atom. The summed E-state index contributed by atoms with van der Waals surface area (Å²) in [7, 11) is 0. The number of aliphatic imine (C=N–C) groups is 1. The highest BCUT2D eigenvalue weighted by Crippen LogP contribution is 2.24. The number of para-hydroxylation sites is 1. The molecule has 2 aliphatic heterocycles. The number of nitrogens with one attached hydrogen (secondary N) is 1. The Bertz CT molecular complexity index is 933. The highest BCUT2D eigenvalue weighted by atomic mass is 79.9. The highest BCUT2D eigenvalue weighted by Gasteiger charge is 2.34. The summed E-state index contributed by atoms with van der Waals surface area (Å²) in [6.45, 7) is 3.03. The van der Waals surface area contributed by atoms with Crippen LogP contribution in [0.4, 0.5) is 5.69 Å². The first-order chi connectivity index (χ1) is 14.0. The maximum Gasteiger partial charge on any atom is 0.290 e. The number of carbonyl (C=O) groups is 2. The van der Waals surface area contributed by atoms with E-state index in [1.807, 2.05) is 54.6 Å². The second-order valence-electron chi connectivity index (χ2n) is 6.94. The maximum absolute atomic E-state index is 13.1. The molecule has 1 saturated heterocycles. The van der Waals surface area contributed by atoms with Gasteiger partial charge in [0.1, 0.15) is 12.1 Å². The van der Waals surface area contributed by atoms with Crippen molar-refractivity contribution < 1.29 is 14.3 Å². The number of benzene rings is 2. The van der Waals surface area contributed by atoms with Crippen LogP contribution in [0.3, 0.4) is 0 Å². The van der Waals surface area contributed by atoms with Crippen molar-refractivity contribution in [3.8, 4) is 0 Å². The predicted molar refractivity (Wildman–Crippen MR) is 113 cm³/mol. The summed E-state index contributed by atoms with van der Waals surface area (Å²) in [6, 6.07) is 16.4. The average molecular weight is 457 g/mol. The summed E-state index contributed by atoms with van der Waals surface area (Å²) < 4.78 is 6.86. The third kappa shape index (κ3) is 4.18. The van der Waals surface area contributed by atoms with Gasteiger partial charge in [-0.15, -0.1) is 0 Å². The standard InChI is InChI=1S/C21H21BrN4O3/c1-14-20(27)26(17-5-3-2-4-6-17)24-19(23-14)21(28)25-11-12-29-18(13-25)15-7-9-16(22)10-8-15/h2-10,14,18H,11-13H2,1H3,(H,23,24). The molecule has 2 heterocycles. The Labute approximate surface area is 177 Å². The zero-order valence-corrected chi connectivity index (χ0v) is 17.5. The zero-order chi connectivity index (χ0) is 20.4. The first-order valence-electron chi connectivity index (χ1n) is 9.43. The van der Waals surface area contributed by atoms with Crippen molar-refractivity contribution in [2.24, 2.45) is 4.99 Å². The predicted octanol–water partition coefficient (Wildman–Crippen LogP) is 2.69. The van der Waals surface area contributed by atoms with Gasteiger partial charge in [-0.25, -0.2) is 10.0 Å². The molecule has 2 atom stereocenters. The van der Waals surface area contributed by atoms with E-state index in [4.69, 9.17) is 4.74 Å². The molecule has 2 unspecified atom stereocenters. The highest BCUT2D eigenvalue weighted by molar-refractivity contribution is 9.10. The summed E-state index contributed by atoms with van der Waals surface area (Å²) >= 11 is 3.43. The van der Waals surface area contributed by atoms with Crippen LogP contribution in [0, 0.1) is 0 Å². The van der Waals surface area contributed by atoms with Crippen LogP contribution in [-0.2, 0) is 14.3 Å². The Morgan fingerprint density at radius 1 is 1.17 bits per heavy atom. The van der Waals surface area contributed by atoms with Gasteiger partial charge in [0, 0.05) is 11.0 Å². The summed E-state index contributed by atoms with van der Waals surface area (Å²) in [4.78, 5) is 31.7. The Hall–Kier alpha value is -2.71. The number of ether oxygens (including phenoxy) is 1. The number of morpholine rings is 1. The van der Waals surface area contributed by atoms with E-state index in [9.17, 15) is 9.59 Å². The van der Waals surface area contributed by atoms with Crippen LogP contribution >= 0.6 is 15.9 Å². The smallest absolute Gasteiger partial charge is 0.290 e. The van der Waals surface area contributed by atoms with E-state index >= 15 is 0 Å². The molecule has 29 heavy (non-hydrogen) atoms. The number of hydrogen-bond donors (Lipinski definition) is 1. The van der Waals surface area contributed by atoms with Crippen LogP contribution in [0.5, 0.6) is 0 Å². The van der Waals surface area contributed by atoms with Gasteiger partial charge in [-0.2, -0.15) is 0 Å². The second-order valence-corrected chi connectivity index (χ2v) is 7.85. The molecule has 2 aromatic carbocycles. The van der Waals surface area contributed by atoms with Crippen LogP contribution in [0.1, 0.15) is 18.6 Å². The molecule has 0 aromatic heterocycles. The molecular formula is C21H21BrN4O3. The van der Waals surface area contributed by atoms with Crippen LogP contribution in [0.15, 0.2) is 64.1 Å². The van der Waals surface area contributed by atoms with Crippen molar-refractivity contribution in [3.63, 3.8) is 0 Å². The molecule has 7 nitrogen and oxygen atoms in total. The Kier molecular flexibility index (Phi) is 5.64. The zero-order valence-electron chi connectivity index (χ0n) is 15.9. The lowest BCUT2D eigenvalue weighted by Crippen LogP contribution is -2.59. The van der Waals surface area contributed by atoms with Gasteiger partial charge < -0.3 is 9.64 Å². The Morgan fingerprint density at radius 3 is 2.62 bits per heavy atom. The van der Waals surface area contributed by atoms with Crippen molar-refractivity contribution in [2.75, 3.05) is 24.7 Å². The van der Waals surface area contributed by atoms with Crippen LogP contribution < -0.4 is 10.4 Å². The lowest BCUT2D eigenvalue weighted by molar-refractivity contribution is -0.132. The first-order valence-corrected chi connectivity index (χ1v) is 10.2. The fraction of sp³-hybridized carbons (Fsp3) is 0.286. The molecule has 2 aromatic rings. The molecule has 0 spiro atoms. The molecule has 8 heteroatoms.